The molecular formula is C18H23F4N3O2. The van der Waals surface area contributed by atoms with Gasteiger partial charge in [0.2, 0.25) is 11.8 Å². The summed E-state index contributed by atoms with van der Waals surface area (Å²) in [6.07, 6.45) is -3.79. The van der Waals surface area contributed by atoms with E-state index < -0.39 is 46.9 Å². The van der Waals surface area contributed by atoms with Gasteiger partial charge in [-0.2, -0.15) is 13.2 Å². The van der Waals surface area contributed by atoms with Crippen LogP contribution in [0.25, 0.3) is 0 Å². The Morgan fingerprint density at radius 1 is 1.26 bits per heavy atom. The molecule has 1 aliphatic heterocycles. The summed E-state index contributed by atoms with van der Waals surface area (Å²) in [4.78, 5) is 26.0. The maximum absolute atomic E-state index is 13.5. The molecule has 1 aromatic rings. The van der Waals surface area contributed by atoms with Crippen LogP contribution in [0.15, 0.2) is 18.2 Å². The predicted molar refractivity (Wildman–Crippen MR) is 92.2 cm³/mol. The number of nitrogens with one attached hydrogen (secondary N) is 1. The van der Waals surface area contributed by atoms with Crippen LogP contribution in [-0.2, 0) is 15.8 Å². The van der Waals surface area contributed by atoms with Crippen molar-refractivity contribution in [1.82, 2.24) is 4.90 Å². The van der Waals surface area contributed by atoms with Gasteiger partial charge in [0.05, 0.1) is 5.56 Å². The third kappa shape index (κ3) is 4.70. The molecule has 1 aliphatic rings. The van der Waals surface area contributed by atoms with Crippen molar-refractivity contribution in [3.05, 3.63) is 29.6 Å². The van der Waals surface area contributed by atoms with Gasteiger partial charge in [0.1, 0.15) is 17.9 Å². The van der Waals surface area contributed by atoms with Gasteiger partial charge in [-0.05, 0) is 36.5 Å². The summed E-state index contributed by atoms with van der Waals surface area (Å²) in [6.45, 7) is 5.57. The van der Waals surface area contributed by atoms with Gasteiger partial charge in [-0.1, -0.05) is 20.8 Å². The van der Waals surface area contributed by atoms with Crippen molar-refractivity contribution < 1.29 is 27.2 Å². The number of hydrogen-bond acceptors (Lipinski definition) is 3. The molecule has 1 aromatic carbocycles. The first-order valence-electron chi connectivity index (χ1n) is 8.55. The lowest BCUT2D eigenvalue weighted by molar-refractivity contribution is -0.140. The molecule has 1 unspecified atom stereocenters. The Morgan fingerprint density at radius 2 is 1.89 bits per heavy atom. The Bertz CT molecular complexity index is 728. The number of halogens is 4. The highest BCUT2D eigenvalue weighted by Crippen LogP contribution is 2.34. The van der Waals surface area contributed by atoms with Crippen LogP contribution in [0.1, 0.15) is 39.2 Å². The Hall–Kier alpha value is -2.32. The number of anilines is 1. The molecule has 0 spiro atoms. The van der Waals surface area contributed by atoms with Crippen LogP contribution in [0, 0.1) is 11.2 Å². The molecule has 27 heavy (non-hydrogen) atoms. The average Bonchev–Trinajstić information content (AvgIpc) is 3.01. The summed E-state index contributed by atoms with van der Waals surface area (Å²) < 4.78 is 52.4. The zero-order valence-corrected chi connectivity index (χ0v) is 15.4. The third-order valence-corrected chi connectivity index (χ3v) is 4.56. The molecule has 0 aromatic heterocycles. The SMILES string of the molecule is CC(C)(C)[C@H](Nc1ccc(F)c(C(F)(F)F)c1)C(=O)N1CCCC1C(N)=O. The van der Waals surface area contributed by atoms with Gasteiger partial charge in [0.15, 0.2) is 0 Å². The number of amides is 2. The lowest BCUT2D eigenvalue weighted by Gasteiger charge is -2.35. The molecule has 1 heterocycles. The number of primary amides is 1. The van der Waals surface area contributed by atoms with E-state index in [9.17, 15) is 27.2 Å². The lowest BCUT2D eigenvalue weighted by Crippen LogP contribution is -2.53. The van der Waals surface area contributed by atoms with Crippen molar-refractivity contribution in [3.63, 3.8) is 0 Å². The molecule has 0 radical (unpaired) electrons. The highest BCUT2D eigenvalue weighted by atomic mass is 19.4. The Morgan fingerprint density at radius 3 is 2.41 bits per heavy atom. The van der Waals surface area contributed by atoms with Crippen LogP contribution in [0.5, 0.6) is 0 Å². The maximum atomic E-state index is 13.5. The fourth-order valence-corrected chi connectivity index (χ4v) is 3.14. The molecule has 2 atom stereocenters. The third-order valence-electron chi connectivity index (χ3n) is 4.56. The molecule has 0 bridgehead atoms. The number of rotatable bonds is 4. The van der Waals surface area contributed by atoms with Gasteiger partial charge < -0.3 is 16.0 Å². The normalized spacial score (nSPS) is 19.1. The molecule has 150 valence electrons. The molecule has 5 nitrogen and oxygen atoms in total. The molecular weight excluding hydrogens is 366 g/mol. The zero-order valence-electron chi connectivity index (χ0n) is 15.4. The number of carbonyl (C=O) groups is 2. The van der Waals surface area contributed by atoms with Crippen molar-refractivity contribution >= 4 is 17.5 Å². The Labute approximate surface area is 154 Å². The molecule has 0 saturated carbocycles. The predicted octanol–water partition coefficient (Wildman–Crippen LogP) is 3.15. The Balaban J connectivity index is 2.34. The Kier molecular flexibility index (Phi) is 5.72. The molecule has 3 N–H and O–H groups in total. The first kappa shape index (κ1) is 21.0. The number of nitrogens with two attached hydrogens (primary N) is 1. The summed E-state index contributed by atoms with van der Waals surface area (Å²) in [7, 11) is 0. The standard InChI is InChI=1S/C18H23F4N3O2/c1-17(2,3)14(16(27)25-8-4-5-13(25)15(23)26)24-10-6-7-12(19)11(9-10)18(20,21)22/h6-7,9,13-14,24H,4-5,8H2,1-3H3,(H2,23,26)/t13?,14-/m1/s1. The molecule has 0 aliphatic carbocycles. The highest BCUT2D eigenvalue weighted by Gasteiger charge is 2.41. The summed E-state index contributed by atoms with van der Waals surface area (Å²) >= 11 is 0. The van der Waals surface area contributed by atoms with Crippen molar-refractivity contribution in [3.8, 4) is 0 Å². The molecule has 1 fully saturated rings. The van der Waals surface area contributed by atoms with E-state index in [0.717, 1.165) is 6.07 Å². The second-order valence-corrected chi connectivity index (χ2v) is 7.73. The van der Waals surface area contributed by atoms with Crippen molar-refractivity contribution in [2.45, 2.75) is 51.9 Å². The maximum Gasteiger partial charge on any atom is 0.419 e. The summed E-state index contributed by atoms with van der Waals surface area (Å²) in [6, 6.07) is 0.826. The van der Waals surface area contributed by atoms with Gasteiger partial charge in [-0.15, -0.1) is 0 Å². The fourth-order valence-electron chi connectivity index (χ4n) is 3.14. The molecule has 1 saturated heterocycles. The van der Waals surface area contributed by atoms with Crippen molar-refractivity contribution in [2.75, 3.05) is 11.9 Å². The molecule has 2 amide bonds. The minimum atomic E-state index is -4.85. The highest BCUT2D eigenvalue weighted by molar-refractivity contribution is 5.91. The van der Waals surface area contributed by atoms with E-state index in [4.69, 9.17) is 5.73 Å². The second-order valence-electron chi connectivity index (χ2n) is 7.73. The average molecular weight is 389 g/mol. The number of hydrogen-bond donors (Lipinski definition) is 2. The second kappa shape index (κ2) is 7.36. The van der Waals surface area contributed by atoms with Gasteiger partial charge in [0.25, 0.3) is 0 Å². The minimum absolute atomic E-state index is 0.0354. The van der Waals surface area contributed by atoms with E-state index >= 15 is 0 Å². The van der Waals surface area contributed by atoms with Crippen molar-refractivity contribution in [1.29, 1.82) is 0 Å². The van der Waals surface area contributed by atoms with Crippen molar-refractivity contribution in [2.24, 2.45) is 11.1 Å². The van der Waals surface area contributed by atoms with Gasteiger partial charge in [0, 0.05) is 12.2 Å². The first-order valence-corrected chi connectivity index (χ1v) is 8.55. The molecule has 2 rings (SSSR count). The number of likely N-dealkylation sites (tertiary alicyclic amines) is 1. The largest absolute Gasteiger partial charge is 0.419 e. The topological polar surface area (TPSA) is 75.4 Å². The monoisotopic (exact) mass is 389 g/mol. The summed E-state index contributed by atoms with van der Waals surface area (Å²) in [5, 5.41) is 2.78. The van der Waals surface area contributed by atoms with Gasteiger partial charge in [-0.3, -0.25) is 9.59 Å². The minimum Gasteiger partial charge on any atom is -0.373 e. The van der Waals surface area contributed by atoms with E-state index in [2.05, 4.69) is 5.32 Å². The van der Waals surface area contributed by atoms with Crippen LogP contribution in [0.2, 0.25) is 0 Å². The fraction of sp³-hybridized carbons (Fsp3) is 0.556. The van der Waals surface area contributed by atoms with E-state index in [1.165, 1.54) is 4.90 Å². The van der Waals surface area contributed by atoms with E-state index in [1.807, 2.05) is 0 Å². The number of carbonyl (C=O) groups excluding carboxylic acids is 2. The number of benzene rings is 1. The van der Waals surface area contributed by atoms with E-state index in [-0.39, 0.29) is 5.69 Å². The zero-order chi connectivity index (χ0) is 20.6. The quantitative estimate of drug-likeness (QED) is 0.777. The van der Waals surface area contributed by atoms with Crippen LogP contribution in [-0.4, -0.2) is 35.3 Å². The van der Waals surface area contributed by atoms with Crippen LogP contribution in [0.4, 0.5) is 23.2 Å². The van der Waals surface area contributed by atoms with E-state index in [1.54, 1.807) is 20.8 Å². The summed E-state index contributed by atoms with van der Waals surface area (Å²) in [5.74, 6) is -2.43. The number of alkyl halides is 3. The first-order chi connectivity index (χ1) is 12.3. The number of nitrogens with zero attached hydrogens (tertiary/aromatic N) is 1. The van der Waals surface area contributed by atoms with Crippen LogP contribution < -0.4 is 11.1 Å². The smallest absolute Gasteiger partial charge is 0.373 e. The van der Waals surface area contributed by atoms with Gasteiger partial charge >= 0.3 is 6.18 Å². The summed E-state index contributed by atoms with van der Waals surface area (Å²) in [5.41, 5.74) is 3.22. The van der Waals surface area contributed by atoms with E-state index in [0.29, 0.717) is 31.5 Å². The molecule has 9 heteroatoms. The van der Waals surface area contributed by atoms with Crippen LogP contribution >= 0.6 is 0 Å². The lowest BCUT2D eigenvalue weighted by atomic mass is 9.85. The van der Waals surface area contributed by atoms with Gasteiger partial charge in [-0.25, -0.2) is 4.39 Å². The van der Waals surface area contributed by atoms with Crippen LogP contribution in [0.3, 0.4) is 0 Å².